The zero-order chi connectivity index (χ0) is 6.24. The van der Waals surface area contributed by atoms with Crippen molar-refractivity contribution in [3.63, 3.8) is 0 Å². The van der Waals surface area contributed by atoms with E-state index in [1.54, 1.807) is 0 Å². The van der Waals surface area contributed by atoms with E-state index < -0.39 is 0 Å². The summed E-state index contributed by atoms with van der Waals surface area (Å²) in [6, 6.07) is 1.00. The smallest absolute Gasteiger partial charge is 0.173 e. The van der Waals surface area contributed by atoms with Crippen molar-refractivity contribution in [3.05, 3.63) is 0 Å². The van der Waals surface area contributed by atoms with Crippen LogP contribution in [0.2, 0.25) is 6.04 Å². The van der Waals surface area contributed by atoms with E-state index in [1.807, 2.05) is 13.8 Å². The maximum absolute atomic E-state index is 5.17. The summed E-state index contributed by atoms with van der Waals surface area (Å²) in [5.41, 5.74) is 0. The highest BCUT2D eigenvalue weighted by atomic mass is 28.2. The molecule has 0 fully saturated rings. The summed E-state index contributed by atoms with van der Waals surface area (Å²) in [7, 11) is -0.273. The Morgan fingerprint density at radius 3 is 2.88 bits per heavy atom. The average Bonchev–Trinajstić information content (AvgIpc) is 1.81. The lowest BCUT2D eigenvalue weighted by Gasteiger charge is -1.91. The van der Waals surface area contributed by atoms with Gasteiger partial charge in [-0.3, -0.25) is 0 Å². The van der Waals surface area contributed by atoms with Gasteiger partial charge in [0.25, 0.3) is 0 Å². The fraction of sp³-hybridized carbons (Fsp3) is 0.667. The fourth-order valence-corrected chi connectivity index (χ4v) is 1.18. The minimum Gasteiger partial charge on any atom is -0.423 e. The van der Waals surface area contributed by atoms with Crippen molar-refractivity contribution in [2.45, 2.75) is 19.9 Å². The normalized spacial score (nSPS) is 9.25. The quantitative estimate of drug-likeness (QED) is 0.306. The van der Waals surface area contributed by atoms with E-state index in [-0.39, 0.29) is 9.76 Å². The molecule has 0 aliphatic heterocycles. The first-order chi connectivity index (χ1) is 3.91. The Morgan fingerprint density at radius 2 is 2.38 bits per heavy atom. The summed E-state index contributed by atoms with van der Waals surface area (Å²) >= 11 is 0. The van der Waals surface area contributed by atoms with Crippen LogP contribution in [0.25, 0.3) is 0 Å². The lowest BCUT2D eigenvalue weighted by molar-refractivity contribution is 0.362. The standard InChI is InChI=1S/C6H12OSi/c1-3-5-6-8-7-4-2/h4,6,8H2,1-2H3. The second-order valence-corrected chi connectivity index (χ2v) is 2.69. The number of rotatable bonds is 3. The highest BCUT2D eigenvalue weighted by Crippen LogP contribution is 1.75. The van der Waals surface area contributed by atoms with Crippen molar-refractivity contribution >= 4 is 9.76 Å². The fourth-order valence-electron chi connectivity index (χ4n) is 0.393. The van der Waals surface area contributed by atoms with Crippen molar-refractivity contribution in [1.82, 2.24) is 0 Å². The molecule has 0 N–H and O–H groups in total. The van der Waals surface area contributed by atoms with Gasteiger partial charge in [0.2, 0.25) is 0 Å². The Morgan fingerprint density at radius 1 is 1.62 bits per heavy atom. The van der Waals surface area contributed by atoms with E-state index in [1.165, 1.54) is 0 Å². The monoisotopic (exact) mass is 128 g/mol. The van der Waals surface area contributed by atoms with Crippen LogP contribution in [0.5, 0.6) is 0 Å². The van der Waals surface area contributed by atoms with Crippen LogP contribution >= 0.6 is 0 Å². The molecular formula is C6H12OSi. The van der Waals surface area contributed by atoms with E-state index in [4.69, 9.17) is 4.43 Å². The minimum atomic E-state index is -0.273. The van der Waals surface area contributed by atoms with Gasteiger partial charge >= 0.3 is 0 Å². The summed E-state index contributed by atoms with van der Waals surface area (Å²) in [6.45, 7) is 4.74. The number of hydrogen-bond donors (Lipinski definition) is 0. The molecule has 0 aliphatic carbocycles. The van der Waals surface area contributed by atoms with Gasteiger partial charge in [-0.1, -0.05) is 0 Å². The van der Waals surface area contributed by atoms with E-state index in [2.05, 4.69) is 11.8 Å². The third kappa shape index (κ3) is 5.74. The van der Waals surface area contributed by atoms with Gasteiger partial charge < -0.3 is 4.43 Å². The molecule has 0 saturated carbocycles. The molecule has 0 amide bonds. The van der Waals surface area contributed by atoms with Gasteiger partial charge in [-0.2, -0.15) is 0 Å². The summed E-state index contributed by atoms with van der Waals surface area (Å²) in [4.78, 5) is 0. The Kier molecular flexibility index (Phi) is 6.52. The SMILES string of the molecule is CC#CC[SiH2]OCC. The highest BCUT2D eigenvalue weighted by Gasteiger charge is 1.78. The molecule has 0 heterocycles. The Balaban J connectivity index is 2.79. The first-order valence-corrected chi connectivity index (χ1v) is 4.47. The molecule has 0 atom stereocenters. The molecule has 0 aromatic heterocycles. The first kappa shape index (κ1) is 7.74. The van der Waals surface area contributed by atoms with E-state index in [0.29, 0.717) is 0 Å². The van der Waals surface area contributed by atoms with Crippen LogP contribution in [0.15, 0.2) is 0 Å². The lowest BCUT2D eigenvalue weighted by Crippen LogP contribution is -1.94. The third-order valence-corrected chi connectivity index (χ3v) is 1.90. The second kappa shape index (κ2) is 6.74. The van der Waals surface area contributed by atoms with Gasteiger partial charge in [0.1, 0.15) is 0 Å². The van der Waals surface area contributed by atoms with E-state index in [0.717, 1.165) is 12.7 Å². The molecule has 0 radical (unpaired) electrons. The molecule has 0 aliphatic rings. The molecular weight excluding hydrogens is 116 g/mol. The van der Waals surface area contributed by atoms with Crippen LogP contribution < -0.4 is 0 Å². The van der Waals surface area contributed by atoms with Gasteiger partial charge in [-0.25, -0.2) is 0 Å². The molecule has 2 heteroatoms. The van der Waals surface area contributed by atoms with Gasteiger partial charge in [0, 0.05) is 12.7 Å². The van der Waals surface area contributed by atoms with Gasteiger partial charge in [-0.15, -0.1) is 11.8 Å². The van der Waals surface area contributed by atoms with Crippen LogP contribution in [-0.4, -0.2) is 16.4 Å². The predicted molar refractivity (Wildman–Crippen MR) is 38.4 cm³/mol. The molecule has 1 nitrogen and oxygen atoms in total. The van der Waals surface area contributed by atoms with Gasteiger partial charge in [-0.05, 0) is 13.8 Å². The maximum atomic E-state index is 5.17. The molecule has 0 aromatic rings. The lowest BCUT2D eigenvalue weighted by atomic mass is 10.7. The predicted octanol–water partition coefficient (Wildman–Crippen LogP) is 0.548. The second-order valence-electron chi connectivity index (χ2n) is 1.37. The summed E-state index contributed by atoms with van der Waals surface area (Å²) in [6.07, 6.45) is 0. The zero-order valence-corrected chi connectivity index (χ0v) is 6.94. The largest absolute Gasteiger partial charge is 0.423 e. The minimum absolute atomic E-state index is 0.273. The van der Waals surface area contributed by atoms with Gasteiger partial charge in [0.15, 0.2) is 9.76 Å². The Bertz CT molecular complexity index is 90.4. The number of hydrogen-bond acceptors (Lipinski definition) is 1. The Labute approximate surface area is 53.4 Å². The topological polar surface area (TPSA) is 9.23 Å². The van der Waals surface area contributed by atoms with Crippen molar-refractivity contribution in [3.8, 4) is 11.8 Å². The molecule has 0 spiro atoms. The third-order valence-electron chi connectivity index (χ3n) is 0.752. The van der Waals surface area contributed by atoms with E-state index >= 15 is 0 Å². The van der Waals surface area contributed by atoms with Gasteiger partial charge in [0.05, 0.1) is 0 Å². The highest BCUT2D eigenvalue weighted by molar-refractivity contribution is 6.28. The summed E-state index contributed by atoms with van der Waals surface area (Å²) < 4.78 is 5.17. The Hall–Kier alpha value is -0.263. The van der Waals surface area contributed by atoms with Crippen molar-refractivity contribution in [2.75, 3.05) is 6.61 Å². The van der Waals surface area contributed by atoms with E-state index in [9.17, 15) is 0 Å². The van der Waals surface area contributed by atoms with Crippen LogP contribution in [-0.2, 0) is 4.43 Å². The van der Waals surface area contributed by atoms with Crippen molar-refractivity contribution in [2.24, 2.45) is 0 Å². The molecule has 8 heavy (non-hydrogen) atoms. The summed E-state index contributed by atoms with van der Waals surface area (Å²) in [5, 5.41) is 0. The maximum Gasteiger partial charge on any atom is 0.173 e. The molecule has 46 valence electrons. The van der Waals surface area contributed by atoms with Crippen LogP contribution in [0.4, 0.5) is 0 Å². The first-order valence-electron chi connectivity index (χ1n) is 2.89. The molecule has 0 saturated heterocycles. The molecule has 0 unspecified atom stereocenters. The molecule has 0 rings (SSSR count). The zero-order valence-electron chi connectivity index (χ0n) is 5.53. The summed E-state index contributed by atoms with van der Waals surface area (Å²) in [5.74, 6) is 5.80. The van der Waals surface area contributed by atoms with Crippen molar-refractivity contribution < 1.29 is 4.43 Å². The van der Waals surface area contributed by atoms with Crippen LogP contribution in [0, 0.1) is 11.8 Å². The van der Waals surface area contributed by atoms with Crippen LogP contribution in [0.3, 0.4) is 0 Å². The van der Waals surface area contributed by atoms with Crippen LogP contribution in [0.1, 0.15) is 13.8 Å². The molecule has 0 bridgehead atoms. The average molecular weight is 128 g/mol. The van der Waals surface area contributed by atoms with Crippen molar-refractivity contribution in [1.29, 1.82) is 0 Å². The molecule has 0 aromatic carbocycles.